The number of anilines is 2. The lowest BCUT2D eigenvalue weighted by atomic mass is 10.1. The van der Waals surface area contributed by atoms with Crippen LogP contribution in [0, 0.1) is 0 Å². The van der Waals surface area contributed by atoms with E-state index in [1.807, 2.05) is 30.3 Å². The van der Waals surface area contributed by atoms with Gasteiger partial charge in [0.2, 0.25) is 5.91 Å². The predicted octanol–water partition coefficient (Wildman–Crippen LogP) is 2.89. The average molecular weight is 455 g/mol. The second-order valence-corrected chi connectivity index (χ2v) is 8.04. The van der Waals surface area contributed by atoms with Crippen molar-refractivity contribution < 1.29 is 23.9 Å². The van der Waals surface area contributed by atoms with E-state index in [2.05, 4.69) is 5.32 Å². The Balaban J connectivity index is 1.29. The summed E-state index contributed by atoms with van der Waals surface area (Å²) in [7, 11) is 0. The fourth-order valence-electron chi connectivity index (χ4n) is 4.14. The molecule has 0 fully saturated rings. The van der Waals surface area contributed by atoms with E-state index in [1.165, 1.54) is 0 Å². The van der Waals surface area contributed by atoms with E-state index in [9.17, 15) is 19.2 Å². The maximum Gasteiger partial charge on any atom is 0.265 e. The third kappa shape index (κ3) is 4.01. The normalized spacial score (nSPS) is 14.5. The molecule has 0 spiro atoms. The lowest BCUT2D eigenvalue weighted by Gasteiger charge is -2.30. The van der Waals surface area contributed by atoms with E-state index in [-0.39, 0.29) is 12.5 Å². The molecular weight excluding hydrogens is 434 g/mol. The van der Waals surface area contributed by atoms with Crippen molar-refractivity contribution in [2.75, 3.05) is 29.9 Å². The van der Waals surface area contributed by atoms with Crippen LogP contribution in [0.2, 0.25) is 0 Å². The van der Waals surface area contributed by atoms with Gasteiger partial charge in [-0.25, -0.2) is 0 Å². The van der Waals surface area contributed by atoms with E-state index >= 15 is 0 Å². The Morgan fingerprint density at radius 1 is 0.853 bits per heavy atom. The van der Waals surface area contributed by atoms with Gasteiger partial charge < -0.3 is 15.0 Å². The summed E-state index contributed by atoms with van der Waals surface area (Å²) in [5.74, 6) is -1.13. The number of carbonyl (C=O) groups is 4. The molecule has 0 aliphatic carbocycles. The summed E-state index contributed by atoms with van der Waals surface area (Å²) in [6.45, 7) is 0.00939. The number of fused-ring (bicyclic) bond motifs is 2. The van der Waals surface area contributed by atoms with Gasteiger partial charge in [0.15, 0.2) is 6.61 Å². The summed E-state index contributed by atoms with van der Waals surface area (Å²) in [6, 6.07) is 21.3. The molecule has 1 N–H and O–H groups in total. The van der Waals surface area contributed by atoms with Crippen LogP contribution in [0.3, 0.4) is 0 Å². The third-order valence-electron chi connectivity index (χ3n) is 5.83. The Morgan fingerprint density at radius 2 is 1.53 bits per heavy atom. The second kappa shape index (κ2) is 8.82. The Bertz CT molecular complexity index is 1270. The third-order valence-corrected chi connectivity index (χ3v) is 5.83. The number of hydrogen-bond donors (Lipinski definition) is 1. The summed E-state index contributed by atoms with van der Waals surface area (Å²) in [5.41, 5.74) is 2.68. The Hall–Kier alpha value is -4.46. The molecule has 2 aliphatic heterocycles. The first-order valence-corrected chi connectivity index (χ1v) is 10.9. The van der Waals surface area contributed by atoms with Crippen LogP contribution in [-0.4, -0.2) is 48.2 Å². The van der Waals surface area contributed by atoms with E-state index in [0.717, 1.165) is 10.5 Å². The van der Waals surface area contributed by atoms with Crippen molar-refractivity contribution in [2.24, 2.45) is 0 Å². The number of ether oxygens (including phenoxy) is 1. The molecule has 0 aromatic heterocycles. The topological polar surface area (TPSA) is 96.0 Å². The minimum Gasteiger partial charge on any atom is -0.482 e. The zero-order valence-electron chi connectivity index (χ0n) is 18.2. The Morgan fingerprint density at radius 3 is 2.24 bits per heavy atom. The number of nitrogens with one attached hydrogen (secondary N) is 1. The largest absolute Gasteiger partial charge is 0.482 e. The molecular formula is C26H21N3O5. The zero-order valence-corrected chi connectivity index (χ0v) is 18.2. The van der Waals surface area contributed by atoms with Gasteiger partial charge in [-0.2, -0.15) is 0 Å². The molecule has 4 amide bonds. The van der Waals surface area contributed by atoms with Crippen molar-refractivity contribution in [3.63, 3.8) is 0 Å². The molecule has 0 saturated carbocycles. The summed E-state index contributed by atoms with van der Waals surface area (Å²) >= 11 is 0. The van der Waals surface area contributed by atoms with Crippen LogP contribution in [0.15, 0.2) is 72.8 Å². The monoisotopic (exact) mass is 455 g/mol. The maximum atomic E-state index is 12.7. The summed E-state index contributed by atoms with van der Waals surface area (Å²) in [6.07, 6.45) is 0.669. The van der Waals surface area contributed by atoms with Crippen LogP contribution in [0.5, 0.6) is 5.75 Å². The molecule has 0 unspecified atom stereocenters. The molecule has 0 bridgehead atoms. The molecule has 34 heavy (non-hydrogen) atoms. The van der Waals surface area contributed by atoms with Gasteiger partial charge in [-0.1, -0.05) is 42.5 Å². The van der Waals surface area contributed by atoms with E-state index in [4.69, 9.17) is 4.74 Å². The number of nitrogens with zero attached hydrogens (tertiary/aromatic N) is 2. The van der Waals surface area contributed by atoms with Crippen molar-refractivity contribution in [1.29, 1.82) is 0 Å². The number of hydrogen-bond acceptors (Lipinski definition) is 5. The SMILES string of the molecule is O=C(CN1C(=O)c2ccccc2C1=O)Nc1ccc2c(c1)N(CCc1ccccc1)C(=O)CO2. The number of benzene rings is 3. The molecule has 170 valence electrons. The zero-order chi connectivity index (χ0) is 23.7. The Labute approximate surface area is 195 Å². The van der Waals surface area contributed by atoms with Crippen LogP contribution in [0.4, 0.5) is 11.4 Å². The van der Waals surface area contributed by atoms with Gasteiger partial charge in [-0.05, 0) is 42.3 Å². The van der Waals surface area contributed by atoms with Gasteiger partial charge >= 0.3 is 0 Å². The minimum absolute atomic E-state index is 0.0484. The second-order valence-electron chi connectivity index (χ2n) is 8.04. The van der Waals surface area contributed by atoms with Gasteiger partial charge in [-0.15, -0.1) is 0 Å². The van der Waals surface area contributed by atoms with Crippen LogP contribution in [0.25, 0.3) is 0 Å². The number of rotatable bonds is 6. The van der Waals surface area contributed by atoms with Crippen molar-refractivity contribution in [2.45, 2.75) is 6.42 Å². The fourth-order valence-corrected chi connectivity index (χ4v) is 4.14. The lowest BCUT2D eigenvalue weighted by molar-refractivity contribution is -0.121. The fraction of sp³-hybridized carbons (Fsp3) is 0.154. The summed E-state index contributed by atoms with van der Waals surface area (Å²) in [4.78, 5) is 52.8. The number of amides is 4. The molecule has 2 aliphatic rings. The highest BCUT2D eigenvalue weighted by molar-refractivity contribution is 6.22. The highest BCUT2D eigenvalue weighted by Gasteiger charge is 2.36. The van der Waals surface area contributed by atoms with Crippen molar-refractivity contribution in [1.82, 2.24) is 4.90 Å². The molecule has 0 atom stereocenters. The Kier molecular flexibility index (Phi) is 5.55. The van der Waals surface area contributed by atoms with Gasteiger partial charge in [0.05, 0.1) is 16.8 Å². The van der Waals surface area contributed by atoms with E-state index in [0.29, 0.717) is 41.2 Å². The average Bonchev–Trinajstić information content (AvgIpc) is 3.09. The smallest absolute Gasteiger partial charge is 0.265 e. The van der Waals surface area contributed by atoms with Gasteiger partial charge in [0, 0.05) is 12.2 Å². The predicted molar refractivity (Wildman–Crippen MR) is 125 cm³/mol. The van der Waals surface area contributed by atoms with Gasteiger partial charge in [0.1, 0.15) is 12.3 Å². The number of carbonyl (C=O) groups excluding carboxylic acids is 4. The van der Waals surface area contributed by atoms with Crippen molar-refractivity contribution in [3.05, 3.63) is 89.5 Å². The first-order valence-electron chi connectivity index (χ1n) is 10.9. The van der Waals surface area contributed by atoms with Gasteiger partial charge in [-0.3, -0.25) is 24.1 Å². The minimum atomic E-state index is -0.520. The molecule has 8 nitrogen and oxygen atoms in total. The van der Waals surface area contributed by atoms with Crippen LogP contribution in [-0.2, 0) is 16.0 Å². The van der Waals surface area contributed by atoms with E-state index < -0.39 is 24.3 Å². The van der Waals surface area contributed by atoms with Crippen molar-refractivity contribution >= 4 is 35.0 Å². The summed E-state index contributed by atoms with van der Waals surface area (Å²) in [5, 5.41) is 2.72. The molecule has 3 aromatic rings. The van der Waals surface area contributed by atoms with Gasteiger partial charge in [0.25, 0.3) is 17.7 Å². The lowest BCUT2D eigenvalue weighted by Crippen LogP contribution is -2.40. The maximum absolute atomic E-state index is 12.7. The first kappa shape index (κ1) is 21.4. The standard InChI is InChI=1S/C26H21N3O5/c30-23(15-29-25(32)19-8-4-5-9-20(19)26(29)33)27-18-10-11-22-21(14-18)28(24(31)16-34-22)13-12-17-6-2-1-3-7-17/h1-11,14H,12-13,15-16H2,(H,27,30). The van der Waals surface area contributed by atoms with Crippen molar-refractivity contribution in [3.8, 4) is 5.75 Å². The number of imide groups is 1. The van der Waals surface area contributed by atoms with Crippen LogP contribution >= 0.6 is 0 Å². The highest BCUT2D eigenvalue weighted by Crippen LogP contribution is 2.35. The molecule has 0 saturated heterocycles. The first-order chi connectivity index (χ1) is 16.5. The highest BCUT2D eigenvalue weighted by atomic mass is 16.5. The molecule has 8 heteroatoms. The summed E-state index contributed by atoms with van der Waals surface area (Å²) < 4.78 is 5.55. The molecule has 3 aromatic carbocycles. The van der Waals surface area contributed by atoms with Crippen LogP contribution in [0.1, 0.15) is 26.3 Å². The quantitative estimate of drug-likeness (QED) is 0.577. The molecule has 5 rings (SSSR count). The van der Waals surface area contributed by atoms with E-state index in [1.54, 1.807) is 47.4 Å². The molecule has 0 radical (unpaired) electrons. The molecule has 2 heterocycles. The van der Waals surface area contributed by atoms with Crippen LogP contribution < -0.4 is 15.0 Å².